The Labute approximate surface area is 141 Å². The summed E-state index contributed by atoms with van der Waals surface area (Å²) < 4.78 is 32.4. The highest BCUT2D eigenvalue weighted by atomic mass is 32.2. The van der Waals surface area contributed by atoms with Crippen LogP contribution in [0.15, 0.2) is 53.4 Å². The minimum absolute atomic E-state index is 0.0893. The van der Waals surface area contributed by atoms with Crippen molar-refractivity contribution in [1.29, 1.82) is 0 Å². The molecule has 6 nitrogen and oxygen atoms in total. The summed E-state index contributed by atoms with van der Waals surface area (Å²) in [6, 6.07) is 13.2. The van der Waals surface area contributed by atoms with Gasteiger partial charge < -0.3 is 10.1 Å². The maximum Gasteiger partial charge on any atom is 0.251 e. The molecule has 128 valence electrons. The molecule has 2 rings (SSSR count). The summed E-state index contributed by atoms with van der Waals surface area (Å²) in [5.41, 5.74) is 1.29. The van der Waals surface area contributed by atoms with E-state index in [2.05, 4.69) is 10.0 Å². The molecule has 0 aromatic heterocycles. The average Bonchev–Trinajstić information content (AvgIpc) is 2.60. The number of carbonyl (C=O) groups excluding carboxylic acids is 1. The number of carbonyl (C=O) groups is 1. The molecule has 0 atom stereocenters. The van der Waals surface area contributed by atoms with Gasteiger partial charge in [-0.3, -0.25) is 4.79 Å². The van der Waals surface area contributed by atoms with Crippen molar-refractivity contribution >= 4 is 15.9 Å². The predicted octanol–water partition coefficient (Wildman–Crippen LogP) is 1.92. The molecule has 2 aromatic carbocycles. The zero-order chi connectivity index (χ0) is 17.6. The van der Waals surface area contributed by atoms with E-state index in [1.165, 1.54) is 13.2 Å². The van der Waals surface area contributed by atoms with Crippen molar-refractivity contribution in [3.63, 3.8) is 0 Å². The molecule has 0 radical (unpaired) electrons. The van der Waals surface area contributed by atoms with Gasteiger partial charge in [-0.25, -0.2) is 13.1 Å². The molecule has 0 aliphatic carbocycles. The molecule has 0 saturated carbocycles. The van der Waals surface area contributed by atoms with Crippen LogP contribution >= 0.6 is 0 Å². The Kier molecular flexibility index (Phi) is 5.94. The maximum atomic E-state index is 12.4. The second kappa shape index (κ2) is 7.94. The first-order valence-corrected chi connectivity index (χ1v) is 8.96. The molecule has 0 unspecified atom stereocenters. The monoisotopic (exact) mass is 348 g/mol. The number of amides is 1. The highest BCUT2D eigenvalue weighted by molar-refractivity contribution is 7.89. The topological polar surface area (TPSA) is 84.5 Å². The fraction of sp³-hybridized carbons (Fsp3) is 0.235. The van der Waals surface area contributed by atoms with Crippen LogP contribution < -0.4 is 14.8 Å². The van der Waals surface area contributed by atoms with E-state index in [-0.39, 0.29) is 23.1 Å². The number of benzene rings is 2. The summed E-state index contributed by atoms with van der Waals surface area (Å²) in [6.45, 7) is 2.52. The molecule has 2 aromatic rings. The summed E-state index contributed by atoms with van der Waals surface area (Å²) in [5.74, 6) is 0.134. The van der Waals surface area contributed by atoms with E-state index in [9.17, 15) is 13.2 Å². The van der Waals surface area contributed by atoms with Crippen LogP contribution in [0.25, 0.3) is 0 Å². The molecule has 0 saturated heterocycles. The summed E-state index contributed by atoms with van der Waals surface area (Å²) >= 11 is 0. The lowest BCUT2D eigenvalue weighted by Gasteiger charge is -2.10. The number of sulfonamides is 1. The van der Waals surface area contributed by atoms with Crippen LogP contribution in [0.2, 0.25) is 0 Å². The van der Waals surface area contributed by atoms with Crippen molar-refractivity contribution in [2.75, 3.05) is 13.7 Å². The fourth-order valence-corrected chi connectivity index (χ4v) is 3.32. The van der Waals surface area contributed by atoms with E-state index >= 15 is 0 Å². The molecule has 0 aliphatic rings. The Bertz CT molecular complexity index is 802. The van der Waals surface area contributed by atoms with Crippen molar-refractivity contribution in [1.82, 2.24) is 10.0 Å². The lowest BCUT2D eigenvalue weighted by molar-refractivity contribution is 0.0956. The summed E-state index contributed by atoms with van der Waals surface area (Å²) in [5, 5.41) is 2.71. The molecular formula is C17H20N2O4S. The Hall–Kier alpha value is -2.38. The van der Waals surface area contributed by atoms with Crippen LogP contribution in [0.3, 0.4) is 0 Å². The van der Waals surface area contributed by atoms with Crippen molar-refractivity contribution in [2.24, 2.45) is 0 Å². The molecule has 7 heteroatoms. The Morgan fingerprint density at radius 2 is 1.75 bits per heavy atom. The summed E-state index contributed by atoms with van der Waals surface area (Å²) in [6.07, 6.45) is 0. The van der Waals surface area contributed by atoms with Crippen molar-refractivity contribution < 1.29 is 17.9 Å². The predicted molar refractivity (Wildman–Crippen MR) is 91.5 cm³/mol. The zero-order valence-corrected chi connectivity index (χ0v) is 14.4. The van der Waals surface area contributed by atoms with Crippen molar-refractivity contribution in [3.8, 4) is 5.75 Å². The highest BCUT2D eigenvalue weighted by Gasteiger charge is 2.18. The second-order valence-electron chi connectivity index (χ2n) is 5.03. The molecule has 24 heavy (non-hydrogen) atoms. The van der Waals surface area contributed by atoms with Gasteiger partial charge in [-0.15, -0.1) is 0 Å². The minimum atomic E-state index is -3.69. The molecule has 0 bridgehead atoms. The van der Waals surface area contributed by atoms with Gasteiger partial charge in [0.15, 0.2) is 0 Å². The normalized spacial score (nSPS) is 11.1. The number of ether oxygens (including phenoxy) is 1. The second-order valence-corrected chi connectivity index (χ2v) is 6.77. The molecule has 0 spiro atoms. The van der Waals surface area contributed by atoms with E-state index in [0.717, 1.165) is 5.56 Å². The van der Waals surface area contributed by atoms with Crippen molar-refractivity contribution in [3.05, 3.63) is 59.7 Å². The van der Waals surface area contributed by atoms with Crippen LogP contribution in [-0.4, -0.2) is 28.0 Å². The van der Waals surface area contributed by atoms with Crippen LogP contribution in [0.5, 0.6) is 5.75 Å². The molecule has 0 aliphatic heterocycles. The molecule has 2 N–H and O–H groups in total. The Morgan fingerprint density at radius 1 is 1.08 bits per heavy atom. The Morgan fingerprint density at radius 3 is 2.38 bits per heavy atom. The largest absolute Gasteiger partial charge is 0.495 e. The molecule has 0 fully saturated rings. The average molecular weight is 348 g/mol. The van der Waals surface area contributed by atoms with Gasteiger partial charge in [-0.2, -0.15) is 0 Å². The standard InChI is InChI=1S/C17H20N2O4S/c1-3-18-17(20)14-10-8-13(9-11-14)12-19-24(21,22)16-7-5-4-6-15(16)23-2/h4-11,19H,3,12H2,1-2H3,(H,18,20). The number of para-hydroxylation sites is 1. The third kappa shape index (κ3) is 4.33. The van der Waals surface area contributed by atoms with Gasteiger partial charge in [0.05, 0.1) is 7.11 Å². The van der Waals surface area contributed by atoms with Gasteiger partial charge in [0, 0.05) is 18.7 Å². The van der Waals surface area contributed by atoms with Gasteiger partial charge in [0.25, 0.3) is 5.91 Å². The van der Waals surface area contributed by atoms with E-state index in [1.807, 2.05) is 6.92 Å². The Balaban J connectivity index is 2.08. The smallest absolute Gasteiger partial charge is 0.251 e. The lowest BCUT2D eigenvalue weighted by atomic mass is 10.1. The number of rotatable bonds is 7. The van der Waals surface area contributed by atoms with E-state index < -0.39 is 10.0 Å². The van der Waals surface area contributed by atoms with E-state index in [4.69, 9.17) is 4.74 Å². The van der Waals surface area contributed by atoms with Crippen LogP contribution in [0.4, 0.5) is 0 Å². The zero-order valence-electron chi connectivity index (χ0n) is 13.6. The molecular weight excluding hydrogens is 328 g/mol. The number of hydrogen-bond donors (Lipinski definition) is 2. The lowest BCUT2D eigenvalue weighted by Crippen LogP contribution is -2.24. The number of methoxy groups -OCH3 is 1. The van der Waals surface area contributed by atoms with Gasteiger partial charge in [0.1, 0.15) is 10.6 Å². The van der Waals surface area contributed by atoms with Gasteiger partial charge in [0.2, 0.25) is 10.0 Å². The van der Waals surface area contributed by atoms with Crippen molar-refractivity contribution in [2.45, 2.75) is 18.4 Å². The van der Waals surface area contributed by atoms with Gasteiger partial charge in [-0.05, 0) is 36.8 Å². The minimum Gasteiger partial charge on any atom is -0.495 e. The highest BCUT2D eigenvalue weighted by Crippen LogP contribution is 2.22. The fourth-order valence-electron chi connectivity index (χ4n) is 2.13. The summed E-state index contributed by atoms with van der Waals surface area (Å²) in [7, 11) is -2.27. The number of nitrogens with one attached hydrogen (secondary N) is 2. The SMILES string of the molecule is CCNC(=O)c1ccc(CNS(=O)(=O)c2ccccc2OC)cc1. The first-order chi connectivity index (χ1) is 11.5. The molecule has 1 amide bonds. The summed E-state index contributed by atoms with van der Waals surface area (Å²) in [4.78, 5) is 11.8. The quantitative estimate of drug-likeness (QED) is 0.801. The van der Waals surface area contributed by atoms with Crippen LogP contribution in [-0.2, 0) is 16.6 Å². The van der Waals surface area contributed by atoms with Crippen LogP contribution in [0.1, 0.15) is 22.8 Å². The third-order valence-electron chi connectivity index (χ3n) is 3.38. The molecule has 0 heterocycles. The van der Waals surface area contributed by atoms with E-state index in [1.54, 1.807) is 42.5 Å². The number of hydrogen-bond acceptors (Lipinski definition) is 4. The maximum absolute atomic E-state index is 12.4. The van der Waals surface area contributed by atoms with E-state index in [0.29, 0.717) is 12.1 Å². The first kappa shape index (κ1) is 18.0. The first-order valence-electron chi connectivity index (χ1n) is 7.47. The van der Waals surface area contributed by atoms with Crippen LogP contribution in [0, 0.1) is 0 Å². The third-order valence-corrected chi connectivity index (χ3v) is 4.82. The van der Waals surface area contributed by atoms with Gasteiger partial charge >= 0.3 is 0 Å². The van der Waals surface area contributed by atoms with Gasteiger partial charge in [-0.1, -0.05) is 24.3 Å².